The van der Waals surface area contributed by atoms with Gasteiger partial charge in [-0.25, -0.2) is 0 Å². The second-order valence-corrected chi connectivity index (χ2v) is 3.68. The number of rotatable bonds is 7. The van der Waals surface area contributed by atoms with Crippen LogP contribution in [-0.2, 0) is 4.74 Å². The van der Waals surface area contributed by atoms with Gasteiger partial charge in [0, 0.05) is 13.2 Å². The van der Waals surface area contributed by atoms with Crippen LogP contribution in [0, 0.1) is 5.92 Å². The number of ether oxygens (including phenoxy) is 1. The van der Waals surface area contributed by atoms with Crippen molar-refractivity contribution < 1.29 is 9.84 Å². The predicted molar refractivity (Wildman–Crippen MR) is 52.7 cm³/mol. The Morgan fingerprint density at radius 1 is 1.38 bits per heavy atom. The van der Waals surface area contributed by atoms with E-state index in [1.807, 2.05) is 0 Å². The lowest BCUT2D eigenvalue weighted by atomic mass is 9.80. The zero-order chi connectivity index (χ0) is 9.52. The minimum atomic E-state index is 0.242. The lowest BCUT2D eigenvalue weighted by molar-refractivity contribution is -0.0263. The highest BCUT2D eigenvalue weighted by atomic mass is 16.5. The standard InChI is InChI=1S/C10H21NO2/c1-2-13-10-7-9(8-10)3-4-11-5-6-12/h9-12H,2-8H2,1H3. The van der Waals surface area contributed by atoms with E-state index in [9.17, 15) is 0 Å². The van der Waals surface area contributed by atoms with E-state index >= 15 is 0 Å². The summed E-state index contributed by atoms with van der Waals surface area (Å²) in [4.78, 5) is 0. The van der Waals surface area contributed by atoms with Crippen molar-refractivity contribution >= 4 is 0 Å². The highest BCUT2D eigenvalue weighted by Crippen LogP contribution is 2.32. The maximum Gasteiger partial charge on any atom is 0.0580 e. The molecule has 0 heterocycles. The summed E-state index contributed by atoms with van der Waals surface area (Å²) in [5.41, 5.74) is 0. The normalized spacial score (nSPS) is 27.2. The van der Waals surface area contributed by atoms with E-state index in [-0.39, 0.29) is 6.61 Å². The number of hydrogen-bond acceptors (Lipinski definition) is 3. The van der Waals surface area contributed by atoms with Crippen LogP contribution in [0.2, 0.25) is 0 Å². The van der Waals surface area contributed by atoms with Crippen LogP contribution in [0.3, 0.4) is 0 Å². The van der Waals surface area contributed by atoms with Crippen molar-refractivity contribution in [2.45, 2.75) is 32.3 Å². The summed E-state index contributed by atoms with van der Waals surface area (Å²) < 4.78 is 5.48. The molecule has 1 aliphatic carbocycles. The molecule has 0 aromatic heterocycles. The molecule has 0 aromatic carbocycles. The fourth-order valence-corrected chi connectivity index (χ4v) is 1.79. The average molecular weight is 187 g/mol. The predicted octanol–water partition coefficient (Wildman–Crippen LogP) is 0.773. The van der Waals surface area contributed by atoms with Gasteiger partial charge in [-0.3, -0.25) is 0 Å². The Bertz CT molecular complexity index is 124. The molecule has 1 aliphatic rings. The molecule has 0 aromatic rings. The van der Waals surface area contributed by atoms with Crippen molar-refractivity contribution in [1.82, 2.24) is 5.32 Å². The summed E-state index contributed by atoms with van der Waals surface area (Å²) in [6.45, 7) is 4.90. The molecule has 3 heteroatoms. The van der Waals surface area contributed by atoms with Crippen LogP contribution in [0.15, 0.2) is 0 Å². The maximum absolute atomic E-state index is 8.53. The SMILES string of the molecule is CCOC1CC(CCNCCO)C1. The van der Waals surface area contributed by atoms with Crippen molar-refractivity contribution in [3.8, 4) is 0 Å². The van der Waals surface area contributed by atoms with Gasteiger partial charge in [-0.05, 0) is 38.6 Å². The van der Waals surface area contributed by atoms with Crippen LogP contribution in [0.5, 0.6) is 0 Å². The largest absolute Gasteiger partial charge is 0.395 e. The molecule has 1 fully saturated rings. The lowest BCUT2D eigenvalue weighted by Gasteiger charge is -2.35. The van der Waals surface area contributed by atoms with Gasteiger partial charge >= 0.3 is 0 Å². The molecule has 0 spiro atoms. The Hall–Kier alpha value is -0.120. The van der Waals surface area contributed by atoms with Gasteiger partial charge in [0.25, 0.3) is 0 Å². The Morgan fingerprint density at radius 3 is 2.77 bits per heavy atom. The van der Waals surface area contributed by atoms with Crippen molar-refractivity contribution in [1.29, 1.82) is 0 Å². The van der Waals surface area contributed by atoms with Crippen molar-refractivity contribution in [3.63, 3.8) is 0 Å². The van der Waals surface area contributed by atoms with Crippen LogP contribution in [0.25, 0.3) is 0 Å². The quantitative estimate of drug-likeness (QED) is 0.579. The average Bonchev–Trinajstić information content (AvgIpc) is 2.07. The molecule has 13 heavy (non-hydrogen) atoms. The van der Waals surface area contributed by atoms with E-state index in [0.717, 1.165) is 25.6 Å². The van der Waals surface area contributed by atoms with Gasteiger partial charge in [0.15, 0.2) is 0 Å². The first-order valence-electron chi connectivity index (χ1n) is 5.30. The Balaban J connectivity index is 1.84. The van der Waals surface area contributed by atoms with Gasteiger partial charge in [0.1, 0.15) is 0 Å². The molecule has 0 aliphatic heterocycles. The molecule has 0 saturated heterocycles. The molecule has 0 amide bonds. The molecule has 78 valence electrons. The van der Waals surface area contributed by atoms with Gasteiger partial charge in [-0.2, -0.15) is 0 Å². The van der Waals surface area contributed by atoms with E-state index in [2.05, 4.69) is 12.2 Å². The minimum absolute atomic E-state index is 0.242. The second-order valence-electron chi connectivity index (χ2n) is 3.68. The summed E-state index contributed by atoms with van der Waals surface area (Å²) in [6, 6.07) is 0. The summed E-state index contributed by atoms with van der Waals surface area (Å²) in [7, 11) is 0. The van der Waals surface area contributed by atoms with E-state index in [4.69, 9.17) is 9.84 Å². The third-order valence-corrected chi connectivity index (χ3v) is 2.61. The van der Waals surface area contributed by atoms with Gasteiger partial charge in [-0.15, -0.1) is 0 Å². The first-order valence-corrected chi connectivity index (χ1v) is 5.30. The Morgan fingerprint density at radius 2 is 2.15 bits per heavy atom. The van der Waals surface area contributed by atoms with Crippen molar-refractivity contribution in [2.75, 3.05) is 26.3 Å². The van der Waals surface area contributed by atoms with Crippen molar-refractivity contribution in [3.05, 3.63) is 0 Å². The summed E-state index contributed by atoms with van der Waals surface area (Å²) in [6.07, 6.45) is 4.22. The molecule has 3 nitrogen and oxygen atoms in total. The molecule has 0 atom stereocenters. The Kier molecular flexibility index (Phi) is 5.35. The van der Waals surface area contributed by atoms with Crippen LogP contribution < -0.4 is 5.32 Å². The monoisotopic (exact) mass is 187 g/mol. The van der Waals surface area contributed by atoms with Crippen LogP contribution in [0.4, 0.5) is 0 Å². The number of nitrogens with one attached hydrogen (secondary N) is 1. The van der Waals surface area contributed by atoms with Gasteiger partial charge in [-0.1, -0.05) is 0 Å². The van der Waals surface area contributed by atoms with Crippen molar-refractivity contribution in [2.24, 2.45) is 5.92 Å². The third-order valence-electron chi connectivity index (χ3n) is 2.61. The fraction of sp³-hybridized carbons (Fsp3) is 1.00. The highest BCUT2D eigenvalue weighted by molar-refractivity contribution is 4.80. The fourth-order valence-electron chi connectivity index (χ4n) is 1.79. The van der Waals surface area contributed by atoms with Gasteiger partial charge in [0.2, 0.25) is 0 Å². The molecule has 0 radical (unpaired) electrons. The highest BCUT2D eigenvalue weighted by Gasteiger charge is 2.28. The second kappa shape index (κ2) is 6.35. The first-order chi connectivity index (χ1) is 6.36. The number of hydrogen-bond donors (Lipinski definition) is 2. The molecule has 1 saturated carbocycles. The van der Waals surface area contributed by atoms with E-state index < -0.39 is 0 Å². The summed E-state index contributed by atoms with van der Waals surface area (Å²) in [5.74, 6) is 0.850. The first kappa shape index (κ1) is 11.0. The zero-order valence-electron chi connectivity index (χ0n) is 8.46. The maximum atomic E-state index is 8.53. The van der Waals surface area contributed by atoms with Gasteiger partial charge < -0.3 is 15.2 Å². The van der Waals surface area contributed by atoms with E-state index in [0.29, 0.717) is 6.10 Å². The van der Waals surface area contributed by atoms with Crippen LogP contribution in [-0.4, -0.2) is 37.5 Å². The number of aliphatic hydroxyl groups excluding tert-OH is 1. The van der Waals surface area contributed by atoms with Crippen LogP contribution in [0.1, 0.15) is 26.2 Å². The summed E-state index contributed by atoms with van der Waals surface area (Å²) in [5, 5.41) is 11.7. The zero-order valence-corrected chi connectivity index (χ0v) is 8.46. The number of aliphatic hydroxyl groups is 1. The Labute approximate surface area is 80.5 Å². The third kappa shape index (κ3) is 4.07. The molecule has 0 unspecified atom stereocenters. The topological polar surface area (TPSA) is 41.5 Å². The molecule has 2 N–H and O–H groups in total. The molecular formula is C10H21NO2. The van der Waals surface area contributed by atoms with E-state index in [1.165, 1.54) is 19.3 Å². The van der Waals surface area contributed by atoms with E-state index in [1.54, 1.807) is 0 Å². The smallest absolute Gasteiger partial charge is 0.0580 e. The molecular weight excluding hydrogens is 166 g/mol. The molecule has 0 bridgehead atoms. The van der Waals surface area contributed by atoms with Crippen LogP contribution >= 0.6 is 0 Å². The minimum Gasteiger partial charge on any atom is -0.395 e. The molecule has 1 rings (SSSR count). The summed E-state index contributed by atoms with van der Waals surface area (Å²) >= 11 is 0. The lowest BCUT2D eigenvalue weighted by Crippen LogP contribution is -2.33. The van der Waals surface area contributed by atoms with Gasteiger partial charge in [0.05, 0.1) is 12.7 Å².